The summed E-state index contributed by atoms with van der Waals surface area (Å²) in [6.07, 6.45) is 0. The van der Waals surface area contributed by atoms with Crippen LogP contribution >= 0.6 is 11.3 Å². The van der Waals surface area contributed by atoms with E-state index < -0.39 is 18.5 Å². The third-order valence-electron chi connectivity index (χ3n) is 5.14. The molecule has 0 saturated carbocycles. The van der Waals surface area contributed by atoms with Gasteiger partial charge in [-0.3, -0.25) is 10.1 Å². The Morgan fingerprint density at radius 3 is 2.51 bits per heavy atom. The van der Waals surface area contributed by atoms with E-state index in [9.17, 15) is 9.59 Å². The smallest absolute Gasteiger partial charge is 0.339 e. The first-order chi connectivity index (χ1) is 17.1. The van der Waals surface area contributed by atoms with Crippen LogP contribution in [-0.2, 0) is 9.53 Å². The van der Waals surface area contributed by atoms with Crippen molar-refractivity contribution >= 4 is 39.4 Å². The third kappa shape index (κ3) is 4.75. The van der Waals surface area contributed by atoms with Crippen LogP contribution < -0.4 is 10.1 Å². The molecule has 3 aromatic carbocycles. The number of carbonyl (C=O) groups is 2. The minimum Gasteiger partial charge on any atom is -0.496 e. The first kappa shape index (κ1) is 22.3. The highest BCUT2D eigenvalue weighted by atomic mass is 32.1. The zero-order valence-corrected chi connectivity index (χ0v) is 19.4. The highest BCUT2D eigenvalue weighted by Crippen LogP contribution is 2.32. The lowest BCUT2D eigenvalue weighted by molar-refractivity contribution is -0.119. The summed E-state index contributed by atoms with van der Waals surface area (Å²) in [6, 6.07) is 21.6. The second kappa shape index (κ2) is 9.78. The number of benzene rings is 3. The van der Waals surface area contributed by atoms with Gasteiger partial charge in [-0.25, -0.2) is 14.8 Å². The molecule has 5 aromatic rings. The summed E-state index contributed by atoms with van der Waals surface area (Å²) in [5.41, 5.74) is 3.51. The number of oxazole rings is 1. The van der Waals surface area contributed by atoms with Crippen LogP contribution in [0.1, 0.15) is 10.4 Å². The maximum Gasteiger partial charge on any atom is 0.339 e. The molecule has 0 aliphatic carbocycles. The van der Waals surface area contributed by atoms with Crippen LogP contribution in [-0.4, -0.2) is 35.6 Å². The van der Waals surface area contributed by atoms with E-state index in [0.29, 0.717) is 39.1 Å². The fourth-order valence-electron chi connectivity index (χ4n) is 3.51. The van der Waals surface area contributed by atoms with Crippen molar-refractivity contribution in [3.05, 3.63) is 83.7 Å². The molecular formula is C26H19N3O5S. The van der Waals surface area contributed by atoms with Gasteiger partial charge < -0.3 is 13.9 Å². The van der Waals surface area contributed by atoms with Gasteiger partial charge in [0, 0.05) is 10.9 Å². The lowest BCUT2D eigenvalue weighted by Gasteiger charge is -2.07. The number of rotatable bonds is 7. The number of ether oxygens (including phenoxy) is 2. The first-order valence-corrected chi connectivity index (χ1v) is 11.5. The molecule has 0 bridgehead atoms. The van der Waals surface area contributed by atoms with Crippen LogP contribution in [0.4, 0.5) is 5.13 Å². The average Bonchev–Trinajstić information content (AvgIpc) is 3.54. The molecule has 0 aliphatic heterocycles. The number of hydrogen-bond donors (Lipinski definition) is 1. The Morgan fingerprint density at radius 2 is 1.69 bits per heavy atom. The summed E-state index contributed by atoms with van der Waals surface area (Å²) in [7, 11) is 1.59. The predicted octanol–water partition coefficient (Wildman–Crippen LogP) is 5.42. The summed E-state index contributed by atoms with van der Waals surface area (Å²) in [4.78, 5) is 34.1. The number of hydrogen-bond acceptors (Lipinski definition) is 8. The number of aromatic nitrogens is 2. The monoisotopic (exact) mass is 485 g/mol. The zero-order chi connectivity index (χ0) is 24.2. The van der Waals surface area contributed by atoms with E-state index in [0.717, 1.165) is 5.56 Å². The fourth-order valence-corrected chi connectivity index (χ4v) is 4.24. The van der Waals surface area contributed by atoms with Gasteiger partial charge in [0.15, 0.2) is 17.3 Å². The average molecular weight is 486 g/mol. The van der Waals surface area contributed by atoms with Gasteiger partial charge in [-0.1, -0.05) is 36.4 Å². The van der Waals surface area contributed by atoms with Crippen LogP contribution in [0.25, 0.3) is 33.8 Å². The van der Waals surface area contributed by atoms with E-state index in [-0.39, 0.29) is 5.56 Å². The second-order valence-corrected chi connectivity index (χ2v) is 8.25. The van der Waals surface area contributed by atoms with Gasteiger partial charge in [0.1, 0.15) is 11.3 Å². The number of nitrogens with one attached hydrogen (secondary N) is 1. The summed E-state index contributed by atoms with van der Waals surface area (Å²) >= 11 is 1.26. The Kier molecular flexibility index (Phi) is 6.23. The van der Waals surface area contributed by atoms with Gasteiger partial charge in [0.05, 0.1) is 23.9 Å². The Balaban J connectivity index is 1.25. The number of thiazole rings is 1. The number of esters is 1. The molecule has 9 heteroatoms. The molecule has 0 spiro atoms. The second-order valence-electron chi connectivity index (χ2n) is 7.39. The lowest BCUT2D eigenvalue weighted by Crippen LogP contribution is -2.21. The number of carbonyl (C=O) groups excluding carboxylic acids is 2. The largest absolute Gasteiger partial charge is 0.496 e. The lowest BCUT2D eigenvalue weighted by atomic mass is 10.1. The van der Waals surface area contributed by atoms with Crippen LogP contribution in [0.5, 0.6) is 5.75 Å². The van der Waals surface area contributed by atoms with E-state index in [1.54, 1.807) is 37.4 Å². The van der Waals surface area contributed by atoms with E-state index in [2.05, 4.69) is 15.3 Å². The molecule has 1 N–H and O–H groups in total. The number of para-hydroxylation sites is 3. The SMILES string of the molecule is COc1ccccc1-c1csc(NC(=O)COC(=O)c2ccccc2-c2nc3ccccc3o2)n1. The van der Waals surface area contributed by atoms with Crippen molar-refractivity contribution in [2.75, 3.05) is 19.0 Å². The molecule has 0 saturated heterocycles. The van der Waals surface area contributed by atoms with Crippen LogP contribution in [0.3, 0.4) is 0 Å². The van der Waals surface area contributed by atoms with E-state index in [4.69, 9.17) is 13.9 Å². The van der Waals surface area contributed by atoms with Crippen molar-refractivity contribution in [3.63, 3.8) is 0 Å². The van der Waals surface area contributed by atoms with Crippen molar-refractivity contribution in [3.8, 4) is 28.5 Å². The highest BCUT2D eigenvalue weighted by molar-refractivity contribution is 7.14. The maximum atomic E-state index is 12.8. The van der Waals surface area contributed by atoms with Gasteiger partial charge in [0.2, 0.25) is 5.89 Å². The normalized spacial score (nSPS) is 10.8. The first-order valence-electron chi connectivity index (χ1n) is 10.6. The Hall–Kier alpha value is -4.50. The van der Waals surface area contributed by atoms with E-state index in [1.807, 2.05) is 47.8 Å². The Bertz CT molecular complexity index is 1490. The van der Waals surface area contributed by atoms with Crippen molar-refractivity contribution in [2.45, 2.75) is 0 Å². The van der Waals surface area contributed by atoms with Crippen molar-refractivity contribution in [1.82, 2.24) is 9.97 Å². The summed E-state index contributed by atoms with van der Waals surface area (Å²) in [5, 5.41) is 4.86. The number of amides is 1. The minimum atomic E-state index is -0.660. The van der Waals surface area contributed by atoms with Gasteiger partial charge in [0.25, 0.3) is 5.91 Å². The zero-order valence-electron chi connectivity index (χ0n) is 18.6. The number of anilines is 1. The molecule has 1 amide bonds. The summed E-state index contributed by atoms with van der Waals surface area (Å²) in [6.45, 7) is -0.468. The predicted molar refractivity (Wildman–Crippen MR) is 132 cm³/mol. The van der Waals surface area contributed by atoms with Crippen LogP contribution in [0.2, 0.25) is 0 Å². The molecule has 0 unspecified atom stereocenters. The van der Waals surface area contributed by atoms with Crippen LogP contribution in [0, 0.1) is 0 Å². The van der Waals surface area contributed by atoms with Gasteiger partial charge in [-0.05, 0) is 36.4 Å². The minimum absolute atomic E-state index is 0.250. The summed E-state index contributed by atoms with van der Waals surface area (Å²) in [5.74, 6) is -0.178. The number of fused-ring (bicyclic) bond motifs is 1. The molecule has 35 heavy (non-hydrogen) atoms. The summed E-state index contributed by atoms with van der Waals surface area (Å²) < 4.78 is 16.4. The maximum absolute atomic E-state index is 12.8. The van der Waals surface area contributed by atoms with Gasteiger partial charge in [-0.2, -0.15) is 0 Å². The molecule has 174 valence electrons. The topological polar surface area (TPSA) is 104 Å². The highest BCUT2D eigenvalue weighted by Gasteiger charge is 2.19. The van der Waals surface area contributed by atoms with E-state index >= 15 is 0 Å². The van der Waals surface area contributed by atoms with Crippen molar-refractivity contribution in [1.29, 1.82) is 0 Å². The molecular weight excluding hydrogens is 466 g/mol. The third-order valence-corrected chi connectivity index (χ3v) is 5.90. The van der Waals surface area contributed by atoms with Crippen molar-refractivity contribution in [2.24, 2.45) is 0 Å². The standard InChI is InChI=1S/C26H19N3O5S/c1-32-21-12-6-4-10-18(21)20-15-35-26(28-20)29-23(30)14-33-25(31)17-9-3-2-8-16(17)24-27-19-11-5-7-13-22(19)34-24/h2-13,15H,14H2,1H3,(H,28,29,30). The molecule has 0 atom stereocenters. The van der Waals surface area contributed by atoms with Crippen molar-refractivity contribution < 1.29 is 23.5 Å². The molecule has 8 nitrogen and oxygen atoms in total. The molecule has 0 fully saturated rings. The van der Waals surface area contributed by atoms with Gasteiger partial charge >= 0.3 is 5.97 Å². The van der Waals surface area contributed by atoms with Gasteiger partial charge in [-0.15, -0.1) is 11.3 Å². The quantitative estimate of drug-likeness (QED) is 0.307. The van der Waals surface area contributed by atoms with Crippen LogP contribution in [0.15, 0.2) is 82.6 Å². The Morgan fingerprint density at radius 1 is 0.943 bits per heavy atom. The molecule has 5 rings (SSSR count). The molecule has 2 heterocycles. The molecule has 2 aromatic heterocycles. The number of nitrogens with zero attached hydrogens (tertiary/aromatic N) is 2. The molecule has 0 radical (unpaired) electrons. The fraction of sp³-hybridized carbons (Fsp3) is 0.0769. The number of methoxy groups -OCH3 is 1. The van der Waals surface area contributed by atoms with E-state index in [1.165, 1.54) is 11.3 Å². The molecule has 0 aliphatic rings. The Labute approximate surface area is 204 Å².